The van der Waals surface area contributed by atoms with Gasteiger partial charge in [0.1, 0.15) is 5.40 Å². The molecule has 0 atom stereocenters. The fraction of sp³-hybridized carbons (Fsp3) is 0.938. The van der Waals surface area contributed by atoms with Crippen LogP contribution in [0.2, 0.25) is 12.6 Å². The van der Waals surface area contributed by atoms with Crippen molar-refractivity contribution in [2.24, 2.45) is 0 Å². The lowest BCUT2D eigenvalue weighted by Crippen LogP contribution is -2.38. The highest BCUT2D eigenvalue weighted by Crippen LogP contribution is 2.19. The van der Waals surface area contributed by atoms with Gasteiger partial charge in [0.2, 0.25) is 0 Å². The highest BCUT2D eigenvalue weighted by Gasteiger charge is 2.29. The molecule has 0 aromatic heterocycles. The van der Waals surface area contributed by atoms with E-state index >= 15 is 0 Å². The van der Waals surface area contributed by atoms with Gasteiger partial charge in [-0.25, -0.2) is 0 Å². The SMILES string of the molecule is CCO[Si](C)(CCCCCCCCCCSC#N)OCC. The van der Waals surface area contributed by atoms with Crippen LogP contribution >= 0.6 is 11.8 Å². The Morgan fingerprint density at radius 3 is 1.81 bits per heavy atom. The maximum atomic E-state index is 8.41. The van der Waals surface area contributed by atoms with Crippen molar-refractivity contribution in [1.29, 1.82) is 5.26 Å². The van der Waals surface area contributed by atoms with E-state index in [1.54, 1.807) is 0 Å². The molecule has 0 N–H and O–H groups in total. The predicted octanol–water partition coefficient (Wildman–Crippen LogP) is 5.47. The van der Waals surface area contributed by atoms with Crippen LogP contribution in [0.25, 0.3) is 0 Å². The average Bonchev–Trinajstić information content (AvgIpc) is 2.45. The molecule has 3 nitrogen and oxygen atoms in total. The van der Waals surface area contributed by atoms with E-state index in [0.717, 1.165) is 25.0 Å². The standard InChI is InChI=1S/C16H33NO2SSi/c1-4-18-21(3,19-5-2)15-13-11-9-7-6-8-10-12-14-20-16-17/h4-15H2,1-3H3. The number of hydrogen-bond donors (Lipinski definition) is 0. The second-order valence-corrected chi connectivity index (χ2v) is 9.74. The Morgan fingerprint density at radius 1 is 0.857 bits per heavy atom. The summed E-state index contributed by atoms with van der Waals surface area (Å²) in [5.74, 6) is 0.995. The lowest BCUT2D eigenvalue weighted by molar-refractivity contribution is 0.188. The summed E-state index contributed by atoms with van der Waals surface area (Å²) in [7, 11) is -1.87. The van der Waals surface area contributed by atoms with E-state index in [1.165, 1.54) is 63.1 Å². The van der Waals surface area contributed by atoms with Crippen LogP contribution in [-0.2, 0) is 8.85 Å². The molecule has 0 radical (unpaired) electrons. The molecule has 0 saturated carbocycles. The maximum absolute atomic E-state index is 8.41. The molecular formula is C16H33NO2SSi. The molecule has 0 aromatic carbocycles. The Kier molecular flexibility index (Phi) is 14.9. The van der Waals surface area contributed by atoms with Crippen molar-refractivity contribution in [3.8, 4) is 5.40 Å². The van der Waals surface area contributed by atoms with Gasteiger partial charge in [0.25, 0.3) is 0 Å². The summed E-state index contributed by atoms with van der Waals surface area (Å²) in [6, 6.07) is 1.13. The first kappa shape index (κ1) is 21.0. The van der Waals surface area contributed by atoms with Crippen molar-refractivity contribution in [2.45, 2.75) is 77.8 Å². The van der Waals surface area contributed by atoms with Gasteiger partial charge >= 0.3 is 8.56 Å². The lowest BCUT2D eigenvalue weighted by atomic mass is 10.1. The summed E-state index contributed by atoms with van der Waals surface area (Å²) in [4.78, 5) is 0. The van der Waals surface area contributed by atoms with Gasteiger partial charge in [-0.05, 0) is 44.6 Å². The van der Waals surface area contributed by atoms with Gasteiger partial charge in [-0.3, -0.25) is 0 Å². The van der Waals surface area contributed by atoms with Crippen molar-refractivity contribution < 1.29 is 8.85 Å². The minimum atomic E-state index is -1.87. The Bertz CT molecular complexity index is 265. The number of thioether (sulfide) groups is 1. The van der Waals surface area contributed by atoms with Gasteiger partial charge in [0.15, 0.2) is 0 Å². The van der Waals surface area contributed by atoms with Gasteiger partial charge in [0.05, 0.1) is 0 Å². The molecule has 0 bridgehead atoms. The molecule has 0 fully saturated rings. The molecule has 124 valence electrons. The molecule has 0 heterocycles. The van der Waals surface area contributed by atoms with Gasteiger partial charge < -0.3 is 8.85 Å². The number of thiocyanates is 1. The highest BCUT2D eigenvalue weighted by molar-refractivity contribution is 8.03. The topological polar surface area (TPSA) is 42.2 Å². The van der Waals surface area contributed by atoms with E-state index in [2.05, 4.69) is 25.8 Å². The van der Waals surface area contributed by atoms with Crippen molar-refractivity contribution in [1.82, 2.24) is 0 Å². The Hall–Kier alpha value is -0.0231. The van der Waals surface area contributed by atoms with E-state index in [0.29, 0.717) is 0 Å². The van der Waals surface area contributed by atoms with Crippen LogP contribution in [0.3, 0.4) is 0 Å². The zero-order valence-corrected chi connectivity index (χ0v) is 16.0. The fourth-order valence-corrected chi connectivity index (χ4v) is 5.45. The number of hydrogen-bond acceptors (Lipinski definition) is 4. The number of nitriles is 1. The van der Waals surface area contributed by atoms with E-state index in [-0.39, 0.29) is 0 Å². The normalized spacial score (nSPS) is 11.5. The Morgan fingerprint density at radius 2 is 1.33 bits per heavy atom. The molecule has 0 amide bonds. The quantitative estimate of drug-likeness (QED) is 0.227. The minimum Gasteiger partial charge on any atom is -0.395 e. The lowest BCUT2D eigenvalue weighted by Gasteiger charge is -2.25. The third kappa shape index (κ3) is 13.4. The first-order valence-corrected chi connectivity index (χ1v) is 12.0. The summed E-state index contributed by atoms with van der Waals surface area (Å²) in [6.45, 7) is 7.84. The molecule has 0 aliphatic carbocycles. The second kappa shape index (κ2) is 14.9. The van der Waals surface area contributed by atoms with Crippen molar-refractivity contribution >= 4 is 20.3 Å². The summed E-state index contributed by atoms with van der Waals surface area (Å²) in [6.07, 6.45) is 10.3. The number of rotatable bonds is 15. The van der Waals surface area contributed by atoms with Crippen molar-refractivity contribution in [3.05, 3.63) is 0 Å². The minimum absolute atomic E-state index is 0.771. The summed E-state index contributed by atoms with van der Waals surface area (Å²) in [5, 5.41) is 10.5. The zero-order chi connectivity index (χ0) is 15.8. The third-order valence-corrected chi connectivity index (χ3v) is 7.27. The smallest absolute Gasteiger partial charge is 0.334 e. The number of nitrogens with zero attached hydrogens (tertiary/aromatic N) is 1. The molecule has 0 saturated heterocycles. The van der Waals surface area contributed by atoms with Crippen LogP contribution in [0.1, 0.15) is 65.2 Å². The first-order chi connectivity index (χ1) is 10.2. The molecule has 0 aromatic rings. The highest BCUT2D eigenvalue weighted by atomic mass is 32.2. The summed E-state index contributed by atoms with van der Waals surface area (Å²) in [5.41, 5.74) is 0. The Labute approximate surface area is 137 Å². The molecule has 0 aliphatic heterocycles. The van der Waals surface area contributed by atoms with Gasteiger partial charge in [-0.1, -0.05) is 44.9 Å². The van der Waals surface area contributed by atoms with Crippen LogP contribution in [0, 0.1) is 10.7 Å². The van der Waals surface area contributed by atoms with Crippen molar-refractivity contribution in [2.75, 3.05) is 19.0 Å². The van der Waals surface area contributed by atoms with E-state index < -0.39 is 8.56 Å². The zero-order valence-electron chi connectivity index (χ0n) is 14.2. The molecule has 0 aliphatic rings. The molecule has 21 heavy (non-hydrogen) atoms. The van der Waals surface area contributed by atoms with Crippen LogP contribution in [0.5, 0.6) is 0 Å². The first-order valence-electron chi connectivity index (χ1n) is 8.47. The molecule has 0 unspecified atom stereocenters. The largest absolute Gasteiger partial charge is 0.395 e. The average molecular weight is 332 g/mol. The molecular weight excluding hydrogens is 298 g/mol. The second-order valence-electron chi connectivity index (χ2n) is 5.52. The van der Waals surface area contributed by atoms with Gasteiger partial charge in [-0.2, -0.15) is 5.26 Å². The molecule has 0 rings (SSSR count). The molecule has 5 heteroatoms. The molecule has 0 spiro atoms. The van der Waals surface area contributed by atoms with Gasteiger partial charge in [0, 0.05) is 19.0 Å². The Balaban J connectivity index is 3.40. The van der Waals surface area contributed by atoms with Crippen molar-refractivity contribution in [3.63, 3.8) is 0 Å². The summed E-state index contributed by atoms with van der Waals surface area (Å²) >= 11 is 1.38. The van der Waals surface area contributed by atoms with E-state index in [4.69, 9.17) is 14.1 Å². The van der Waals surface area contributed by atoms with Crippen LogP contribution in [0.15, 0.2) is 0 Å². The van der Waals surface area contributed by atoms with Crippen LogP contribution in [-0.4, -0.2) is 27.5 Å². The van der Waals surface area contributed by atoms with Gasteiger partial charge in [-0.15, -0.1) is 0 Å². The third-order valence-electron chi connectivity index (χ3n) is 3.59. The van der Waals surface area contributed by atoms with E-state index in [1.807, 2.05) is 0 Å². The summed E-state index contributed by atoms with van der Waals surface area (Å²) < 4.78 is 11.7. The predicted molar refractivity (Wildman–Crippen MR) is 94.7 cm³/mol. The fourth-order valence-electron chi connectivity index (χ4n) is 2.52. The van der Waals surface area contributed by atoms with Crippen LogP contribution in [0.4, 0.5) is 0 Å². The monoisotopic (exact) mass is 331 g/mol. The number of unbranched alkanes of at least 4 members (excludes halogenated alkanes) is 7. The van der Waals surface area contributed by atoms with E-state index in [9.17, 15) is 0 Å². The van der Waals surface area contributed by atoms with Crippen LogP contribution < -0.4 is 0 Å². The maximum Gasteiger partial charge on any atom is 0.334 e.